The Morgan fingerprint density at radius 3 is 2.23 bits per heavy atom. The summed E-state index contributed by atoms with van der Waals surface area (Å²) in [6, 6.07) is 21.7. The van der Waals surface area contributed by atoms with Crippen LogP contribution >= 0.6 is 15.9 Å². The lowest BCUT2D eigenvalue weighted by molar-refractivity contribution is -0.113. The number of benzene rings is 3. The molecule has 3 aromatic rings. The highest BCUT2D eigenvalue weighted by Crippen LogP contribution is 2.15. The first-order valence-electron chi connectivity index (χ1n) is 8.91. The van der Waals surface area contributed by atoms with Crippen molar-refractivity contribution in [1.29, 1.82) is 0 Å². The van der Waals surface area contributed by atoms with Crippen molar-refractivity contribution >= 4 is 45.5 Å². The van der Waals surface area contributed by atoms with Crippen LogP contribution in [0.25, 0.3) is 6.08 Å². The Labute approximate surface area is 181 Å². The number of hydrogen-bond acceptors (Lipinski definition) is 3. The van der Waals surface area contributed by atoms with Gasteiger partial charge >= 0.3 is 5.97 Å². The third kappa shape index (κ3) is 5.65. The average Bonchev–Trinajstić information content (AvgIpc) is 2.74. The highest BCUT2D eigenvalue weighted by molar-refractivity contribution is 9.10. The minimum Gasteiger partial charge on any atom is -0.478 e. The van der Waals surface area contributed by atoms with Crippen LogP contribution in [0.3, 0.4) is 0 Å². The molecule has 0 saturated heterocycles. The molecule has 6 nitrogen and oxygen atoms in total. The second kappa shape index (κ2) is 9.67. The van der Waals surface area contributed by atoms with Gasteiger partial charge in [0, 0.05) is 15.7 Å². The predicted molar refractivity (Wildman–Crippen MR) is 118 cm³/mol. The van der Waals surface area contributed by atoms with Crippen molar-refractivity contribution in [2.24, 2.45) is 0 Å². The van der Waals surface area contributed by atoms with Gasteiger partial charge in [0.2, 0.25) is 0 Å². The molecule has 0 aliphatic carbocycles. The summed E-state index contributed by atoms with van der Waals surface area (Å²) >= 11 is 3.32. The fourth-order valence-corrected chi connectivity index (χ4v) is 3.03. The molecule has 3 aromatic carbocycles. The Balaban J connectivity index is 1.88. The zero-order valence-electron chi connectivity index (χ0n) is 15.6. The van der Waals surface area contributed by atoms with Gasteiger partial charge in [-0.25, -0.2) is 4.79 Å². The molecule has 0 radical (unpaired) electrons. The topological polar surface area (TPSA) is 95.5 Å². The van der Waals surface area contributed by atoms with E-state index in [0.29, 0.717) is 11.3 Å². The lowest BCUT2D eigenvalue weighted by Crippen LogP contribution is -2.30. The minimum atomic E-state index is -1.10. The molecule has 30 heavy (non-hydrogen) atoms. The van der Waals surface area contributed by atoms with Gasteiger partial charge in [-0.15, -0.1) is 0 Å². The molecule has 7 heteroatoms. The summed E-state index contributed by atoms with van der Waals surface area (Å²) in [5.41, 5.74) is 1.46. The van der Waals surface area contributed by atoms with Crippen LogP contribution in [-0.2, 0) is 4.79 Å². The monoisotopic (exact) mass is 464 g/mol. The number of carbonyl (C=O) groups excluding carboxylic acids is 2. The molecular formula is C23H17BrN2O4. The van der Waals surface area contributed by atoms with Crippen LogP contribution in [-0.4, -0.2) is 22.9 Å². The van der Waals surface area contributed by atoms with E-state index in [0.717, 1.165) is 10.0 Å². The van der Waals surface area contributed by atoms with Crippen LogP contribution in [0, 0.1) is 0 Å². The molecule has 0 aliphatic heterocycles. The van der Waals surface area contributed by atoms with Crippen LogP contribution in [0.1, 0.15) is 26.3 Å². The highest BCUT2D eigenvalue weighted by Gasteiger charge is 2.16. The van der Waals surface area contributed by atoms with E-state index in [2.05, 4.69) is 26.6 Å². The molecule has 0 atom stereocenters. The van der Waals surface area contributed by atoms with Gasteiger partial charge in [-0.3, -0.25) is 9.59 Å². The average molecular weight is 465 g/mol. The Kier molecular flexibility index (Phi) is 6.77. The quantitative estimate of drug-likeness (QED) is 0.466. The first-order chi connectivity index (χ1) is 14.4. The van der Waals surface area contributed by atoms with Crippen LogP contribution < -0.4 is 10.6 Å². The second-order valence-electron chi connectivity index (χ2n) is 6.27. The molecule has 3 rings (SSSR count). The minimum absolute atomic E-state index is 0.0203. The van der Waals surface area contributed by atoms with Gasteiger partial charge in [-0.05, 0) is 48.0 Å². The molecular weight excluding hydrogens is 448 g/mol. The van der Waals surface area contributed by atoms with Gasteiger partial charge < -0.3 is 15.7 Å². The van der Waals surface area contributed by atoms with E-state index in [1.54, 1.807) is 48.5 Å². The van der Waals surface area contributed by atoms with E-state index in [1.165, 1.54) is 18.2 Å². The molecule has 150 valence electrons. The van der Waals surface area contributed by atoms with Crippen molar-refractivity contribution < 1.29 is 19.5 Å². The van der Waals surface area contributed by atoms with E-state index < -0.39 is 17.8 Å². The maximum atomic E-state index is 12.9. The van der Waals surface area contributed by atoms with Crippen LogP contribution in [0.5, 0.6) is 0 Å². The summed E-state index contributed by atoms with van der Waals surface area (Å²) in [5, 5.41) is 14.4. The first kappa shape index (κ1) is 21.0. The first-order valence-corrected chi connectivity index (χ1v) is 9.70. The second-order valence-corrected chi connectivity index (χ2v) is 7.19. The Morgan fingerprint density at radius 2 is 1.53 bits per heavy atom. The van der Waals surface area contributed by atoms with Crippen molar-refractivity contribution in [1.82, 2.24) is 5.32 Å². The number of halogens is 1. The van der Waals surface area contributed by atoms with E-state index >= 15 is 0 Å². The van der Waals surface area contributed by atoms with Gasteiger partial charge in [-0.2, -0.15) is 0 Å². The van der Waals surface area contributed by atoms with Crippen LogP contribution in [0.2, 0.25) is 0 Å². The third-order valence-electron chi connectivity index (χ3n) is 4.06. The normalized spacial score (nSPS) is 10.9. The SMILES string of the molecule is O=C(Nc1cccc(C(=O)O)c1)C(=Cc1ccccc1)NC(=O)c1cccc(Br)c1. The molecule has 0 aromatic heterocycles. The molecule has 0 heterocycles. The number of carbonyl (C=O) groups is 3. The summed E-state index contributed by atoms with van der Waals surface area (Å²) in [5.74, 6) is -2.13. The van der Waals surface area contributed by atoms with Crippen LogP contribution in [0.4, 0.5) is 5.69 Å². The van der Waals surface area contributed by atoms with E-state index in [4.69, 9.17) is 5.11 Å². The summed E-state index contributed by atoms with van der Waals surface area (Å²) in [7, 11) is 0. The summed E-state index contributed by atoms with van der Waals surface area (Å²) in [6.45, 7) is 0. The maximum Gasteiger partial charge on any atom is 0.335 e. The molecule has 0 saturated carbocycles. The Bertz CT molecular complexity index is 1130. The lowest BCUT2D eigenvalue weighted by Gasteiger charge is -2.12. The number of amides is 2. The molecule has 0 unspecified atom stereocenters. The molecule has 0 aliphatic rings. The zero-order valence-corrected chi connectivity index (χ0v) is 17.2. The zero-order chi connectivity index (χ0) is 21.5. The van der Waals surface area contributed by atoms with Gasteiger partial charge in [0.25, 0.3) is 11.8 Å². The standard InChI is InChI=1S/C23H17BrN2O4/c24-18-10-4-8-16(13-18)21(27)26-20(12-15-6-2-1-3-7-15)22(28)25-19-11-5-9-17(14-19)23(29)30/h1-14H,(H,25,28)(H,26,27)(H,29,30). The van der Waals surface area contributed by atoms with Crippen molar-refractivity contribution in [3.8, 4) is 0 Å². The number of aromatic carboxylic acids is 1. The van der Waals surface area contributed by atoms with Crippen molar-refractivity contribution in [2.75, 3.05) is 5.32 Å². The largest absolute Gasteiger partial charge is 0.478 e. The van der Waals surface area contributed by atoms with Crippen molar-refractivity contribution in [3.63, 3.8) is 0 Å². The van der Waals surface area contributed by atoms with Gasteiger partial charge in [0.05, 0.1) is 5.56 Å². The molecule has 0 spiro atoms. The number of nitrogens with one attached hydrogen (secondary N) is 2. The molecule has 2 amide bonds. The van der Waals surface area contributed by atoms with Crippen LogP contribution in [0.15, 0.2) is 89.0 Å². The summed E-state index contributed by atoms with van der Waals surface area (Å²) < 4.78 is 0.735. The fraction of sp³-hybridized carbons (Fsp3) is 0. The lowest BCUT2D eigenvalue weighted by atomic mass is 10.1. The van der Waals surface area contributed by atoms with Gasteiger partial charge in [0.15, 0.2) is 0 Å². The smallest absolute Gasteiger partial charge is 0.335 e. The summed E-state index contributed by atoms with van der Waals surface area (Å²) in [4.78, 5) is 36.7. The number of hydrogen-bond donors (Lipinski definition) is 3. The number of anilines is 1. The third-order valence-corrected chi connectivity index (χ3v) is 4.55. The van der Waals surface area contributed by atoms with E-state index in [9.17, 15) is 14.4 Å². The fourth-order valence-electron chi connectivity index (χ4n) is 2.63. The number of carboxylic acid groups (broad SMARTS) is 1. The predicted octanol–water partition coefficient (Wildman–Crippen LogP) is 4.56. The van der Waals surface area contributed by atoms with Crippen molar-refractivity contribution in [3.05, 3.63) is 106 Å². The number of rotatable bonds is 6. The molecule has 3 N–H and O–H groups in total. The van der Waals surface area contributed by atoms with Gasteiger partial charge in [-0.1, -0.05) is 58.4 Å². The number of carboxylic acids is 1. The van der Waals surface area contributed by atoms with Gasteiger partial charge in [0.1, 0.15) is 5.70 Å². The summed E-state index contributed by atoms with van der Waals surface area (Å²) in [6.07, 6.45) is 1.55. The maximum absolute atomic E-state index is 12.9. The Hall–Kier alpha value is -3.71. The molecule has 0 fully saturated rings. The Morgan fingerprint density at radius 1 is 0.833 bits per heavy atom. The van der Waals surface area contributed by atoms with E-state index in [-0.39, 0.29) is 11.3 Å². The van der Waals surface area contributed by atoms with E-state index in [1.807, 2.05) is 18.2 Å². The molecule has 0 bridgehead atoms. The highest BCUT2D eigenvalue weighted by atomic mass is 79.9. The van der Waals surface area contributed by atoms with Crippen molar-refractivity contribution in [2.45, 2.75) is 0 Å².